The largest absolute Gasteiger partial charge is 0.478 e. The number of pyridine rings is 1. The molecule has 0 bridgehead atoms. The third-order valence-corrected chi connectivity index (χ3v) is 3.49. The smallest absolute Gasteiger partial charge is 0.336 e. The number of aromatic nitrogens is 1. The fourth-order valence-corrected chi connectivity index (χ4v) is 2.31. The molecule has 2 N–H and O–H groups in total. The average Bonchev–Trinajstić information content (AvgIpc) is 2.42. The van der Waals surface area contributed by atoms with Crippen LogP contribution in [0.15, 0.2) is 30.3 Å². The topological polar surface area (TPSA) is 62.2 Å². The summed E-state index contributed by atoms with van der Waals surface area (Å²) in [5.74, 6) is 0.980. The van der Waals surface area contributed by atoms with Crippen LogP contribution in [0.4, 0.5) is 5.82 Å². The Balaban J connectivity index is 2.19. The van der Waals surface area contributed by atoms with E-state index in [0.717, 1.165) is 24.5 Å². The summed E-state index contributed by atoms with van der Waals surface area (Å²) in [6.45, 7) is 0.873. The van der Waals surface area contributed by atoms with Crippen LogP contribution in [0.1, 0.15) is 16.8 Å². The van der Waals surface area contributed by atoms with Gasteiger partial charge in [-0.2, -0.15) is 11.8 Å². The second-order valence-electron chi connectivity index (χ2n) is 4.15. The number of carbonyl (C=O) groups is 1. The minimum atomic E-state index is -0.923. The van der Waals surface area contributed by atoms with Crippen LogP contribution in [0, 0.1) is 0 Å². The fraction of sp³-hybridized carbons (Fsp3) is 0.286. The van der Waals surface area contributed by atoms with E-state index in [9.17, 15) is 4.79 Å². The molecule has 0 aliphatic carbocycles. The van der Waals surface area contributed by atoms with Gasteiger partial charge in [-0.3, -0.25) is 0 Å². The van der Waals surface area contributed by atoms with Crippen LogP contribution in [-0.4, -0.2) is 34.6 Å². The van der Waals surface area contributed by atoms with Gasteiger partial charge in [0.05, 0.1) is 11.1 Å². The Hall–Kier alpha value is -1.75. The Labute approximate surface area is 116 Å². The molecular weight excluding hydrogens is 260 g/mol. The van der Waals surface area contributed by atoms with Crippen LogP contribution in [-0.2, 0) is 0 Å². The van der Waals surface area contributed by atoms with Gasteiger partial charge in [0.25, 0.3) is 0 Å². The SMILES string of the molecule is CSCCCNc1ccc2c(C(=O)O)cccc2n1. The molecule has 0 saturated carbocycles. The van der Waals surface area contributed by atoms with Gasteiger partial charge in [0, 0.05) is 11.9 Å². The molecule has 1 aromatic heterocycles. The second-order valence-corrected chi connectivity index (χ2v) is 5.13. The zero-order valence-electron chi connectivity index (χ0n) is 10.7. The van der Waals surface area contributed by atoms with Crippen molar-refractivity contribution in [3.63, 3.8) is 0 Å². The second kappa shape index (κ2) is 6.43. The molecule has 0 unspecified atom stereocenters. The van der Waals surface area contributed by atoms with Crippen molar-refractivity contribution < 1.29 is 9.90 Å². The van der Waals surface area contributed by atoms with Crippen molar-refractivity contribution >= 4 is 34.5 Å². The molecule has 0 aliphatic rings. The lowest BCUT2D eigenvalue weighted by Crippen LogP contribution is -2.05. The average molecular weight is 276 g/mol. The van der Waals surface area contributed by atoms with Gasteiger partial charge in [-0.15, -0.1) is 0 Å². The summed E-state index contributed by atoms with van der Waals surface area (Å²) < 4.78 is 0. The summed E-state index contributed by atoms with van der Waals surface area (Å²) in [4.78, 5) is 15.5. The number of carboxylic acid groups (broad SMARTS) is 1. The van der Waals surface area contributed by atoms with Crippen LogP contribution in [0.5, 0.6) is 0 Å². The zero-order valence-corrected chi connectivity index (χ0v) is 11.5. The Morgan fingerprint density at radius 1 is 1.37 bits per heavy atom. The van der Waals surface area contributed by atoms with E-state index in [1.165, 1.54) is 0 Å². The standard InChI is InChI=1S/C14H16N2O2S/c1-19-9-3-8-15-13-7-6-10-11(14(17)18)4-2-5-12(10)16-13/h2,4-7H,3,8-9H2,1H3,(H,15,16)(H,17,18). The van der Waals surface area contributed by atoms with Gasteiger partial charge in [0.1, 0.15) is 5.82 Å². The lowest BCUT2D eigenvalue weighted by atomic mass is 10.1. The van der Waals surface area contributed by atoms with E-state index < -0.39 is 5.97 Å². The number of nitrogens with zero attached hydrogens (tertiary/aromatic N) is 1. The quantitative estimate of drug-likeness (QED) is 0.794. The van der Waals surface area contributed by atoms with E-state index in [2.05, 4.69) is 16.6 Å². The van der Waals surface area contributed by atoms with Gasteiger partial charge in [-0.25, -0.2) is 9.78 Å². The fourth-order valence-electron chi connectivity index (χ4n) is 1.87. The van der Waals surface area contributed by atoms with Crippen molar-refractivity contribution in [2.45, 2.75) is 6.42 Å². The first-order valence-corrected chi connectivity index (χ1v) is 7.47. The summed E-state index contributed by atoms with van der Waals surface area (Å²) in [5.41, 5.74) is 0.994. The number of carboxylic acids is 1. The summed E-state index contributed by atoms with van der Waals surface area (Å²) >= 11 is 1.82. The highest BCUT2D eigenvalue weighted by molar-refractivity contribution is 7.98. The molecule has 0 spiro atoms. The molecule has 0 amide bonds. The van der Waals surface area contributed by atoms with Crippen LogP contribution >= 0.6 is 11.8 Å². The third kappa shape index (κ3) is 3.38. The number of fused-ring (bicyclic) bond motifs is 1. The molecule has 1 aromatic carbocycles. The number of nitrogens with one attached hydrogen (secondary N) is 1. The molecule has 0 saturated heterocycles. The molecule has 0 fully saturated rings. The van der Waals surface area contributed by atoms with Crippen molar-refractivity contribution in [1.29, 1.82) is 0 Å². The lowest BCUT2D eigenvalue weighted by molar-refractivity contribution is 0.0699. The molecule has 0 radical (unpaired) electrons. The maximum atomic E-state index is 11.1. The Morgan fingerprint density at radius 3 is 2.95 bits per heavy atom. The highest BCUT2D eigenvalue weighted by Crippen LogP contribution is 2.19. The highest BCUT2D eigenvalue weighted by Gasteiger charge is 2.08. The number of hydrogen-bond donors (Lipinski definition) is 2. The monoisotopic (exact) mass is 276 g/mol. The van der Waals surface area contributed by atoms with E-state index >= 15 is 0 Å². The van der Waals surface area contributed by atoms with Gasteiger partial charge in [0.15, 0.2) is 0 Å². The maximum Gasteiger partial charge on any atom is 0.336 e. The van der Waals surface area contributed by atoms with Crippen LogP contribution < -0.4 is 5.32 Å². The first-order valence-electron chi connectivity index (χ1n) is 6.08. The first kappa shape index (κ1) is 13.7. The van der Waals surface area contributed by atoms with E-state index in [1.807, 2.05) is 30.0 Å². The summed E-state index contributed by atoms with van der Waals surface area (Å²) in [7, 11) is 0. The minimum Gasteiger partial charge on any atom is -0.478 e. The summed E-state index contributed by atoms with van der Waals surface area (Å²) in [6, 6.07) is 8.78. The van der Waals surface area contributed by atoms with Crippen LogP contribution in [0.25, 0.3) is 10.9 Å². The number of thioether (sulfide) groups is 1. The van der Waals surface area contributed by atoms with Crippen molar-refractivity contribution in [1.82, 2.24) is 4.98 Å². The van der Waals surface area contributed by atoms with E-state index in [0.29, 0.717) is 16.5 Å². The Kier molecular flexibility index (Phi) is 4.63. The molecule has 19 heavy (non-hydrogen) atoms. The number of aromatic carboxylic acids is 1. The van der Waals surface area contributed by atoms with Gasteiger partial charge < -0.3 is 10.4 Å². The number of anilines is 1. The third-order valence-electron chi connectivity index (χ3n) is 2.79. The Morgan fingerprint density at radius 2 is 2.21 bits per heavy atom. The molecular formula is C14H16N2O2S. The molecule has 4 nitrogen and oxygen atoms in total. The zero-order chi connectivity index (χ0) is 13.7. The van der Waals surface area contributed by atoms with Gasteiger partial charge in [0.2, 0.25) is 0 Å². The highest BCUT2D eigenvalue weighted by atomic mass is 32.2. The molecule has 5 heteroatoms. The molecule has 1 heterocycles. The van der Waals surface area contributed by atoms with Crippen molar-refractivity contribution in [3.8, 4) is 0 Å². The van der Waals surface area contributed by atoms with Gasteiger partial charge in [-0.1, -0.05) is 6.07 Å². The minimum absolute atomic E-state index is 0.291. The molecule has 2 aromatic rings. The van der Waals surface area contributed by atoms with Crippen molar-refractivity contribution in [2.24, 2.45) is 0 Å². The molecule has 100 valence electrons. The first-order chi connectivity index (χ1) is 9.22. The normalized spacial score (nSPS) is 10.6. The number of benzene rings is 1. The number of hydrogen-bond acceptors (Lipinski definition) is 4. The maximum absolute atomic E-state index is 11.1. The number of rotatable bonds is 6. The lowest BCUT2D eigenvalue weighted by Gasteiger charge is -2.07. The van der Waals surface area contributed by atoms with E-state index in [1.54, 1.807) is 12.1 Å². The molecule has 0 atom stereocenters. The van der Waals surface area contributed by atoms with Gasteiger partial charge in [-0.05, 0) is 42.7 Å². The predicted molar refractivity (Wildman–Crippen MR) is 80.2 cm³/mol. The van der Waals surface area contributed by atoms with Gasteiger partial charge >= 0.3 is 5.97 Å². The van der Waals surface area contributed by atoms with Crippen LogP contribution in [0.3, 0.4) is 0 Å². The summed E-state index contributed by atoms with van der Waals surface area (Å²) in [5, 5.41) is 13.0. The van der Waals surface area contributed by atoms with Crippen molar-refractivity contribution in [3.05, 3.63) is 35.9 Å². The Bertz CT molecular complexity index is 587. The van der Waals surface area contributed by atoms with Crippen molar-refractivity contribution in [2.75, 3.05) is 23.9 Å². The van der Waals surface area contributed by atoms with Crippen LogP contribution in [0.2, 0.25) is 0 Å². The summed E-state index contributed by atoms with van der Waals surface area (Å²) in [6.07, 6.45) is 3.16. The molecule has 0 aliphatic heterocycles. The predicted octanol–water partition coefficient (Wildman–Crippen LogP) is 3.10. The molecule has 2 rings (SSSR count). The van der Waals surface area contributed by atoms with E-state index in [4.69, 9.17) is 5.11 Å². The van der Waals surface area contributed by atoms with E-state index in [-0.39, 0.29) is 0 Å².